The number of carbonyl (C=O) groups excluding carboxylic acids is 6. The van der Waals surface area contributed by atoms with Crippen molar-refractivity contribution in [3.05, 3.63) is 112 Å². The molecule has 1 fully saturated rings. The number of sulfone groups is 1. The number of fused-ring (bicyclic) bond motifs is 2. The van der Waals surface area contributed by atoms with Gasteiger partial charge >= 0.3 is 5.69 Å². The molecule has 0 spiro atoms. The van der Waals surface area contributed by atoms with Crippen LogP contribution in [0.5, 0.6) is 23.0 Å². The van der Waals surface area contributed by atoms with Gasteiger partial charge < -0.3 is 39.1 Å². The zero-order valence-electron chi connectivity index (χ0n) is 40.8. The maximum absolute atomic E-state index is 13.9. The Morgan fingerprint density at radius 3 is 2.08 bits per heavy atom. The Morgan fingerprint density at radius 1 is 0.712 bits per heavy atom. The molecule has 73 heavy (non-hydrogen) atoms. The van der Waals surface area contributed by atoms with Gasteiger partial charge in [0, 0.05) is 70.1 Å². The van der Waals surface area contributed by atoms with E-state index in [2.05, 4.69) is 16.0 Å². The van der Waals surface area contributed by atoms with Crippen LogP contribution in [0.1, 0.15) is 75.7 Å². The van der Waals surface area contributed by atoms with E-state index in [-0.39, 0.29) is 58.2 Å². The second kappa shape index (κ2) is 24.8. The van der Waals surface area contributed by atoms with Crippen LogP contribution in [-0.4, -0.2) is 130 Å². The number of amides is 6. The Hall–Kier alpha value is -7.40. The molecule has 2 aliphatic rings. The standard InChI is InChI=1S/C51H58N6O15S/c1-4-20-70-35-11-6-12-36(29-35)72-43-30-41-40(55(2)51(64)56(41)3)28-34(43)32-73(65,66)37-13-5-10-33(27-37)47(60)53-19-9-22-68-24-26-69-25-23-67-21-8-18-52-45(59)31-71-42-15-7-14-38-46(42)50(63)57(49(38)62)39-16-17-44(58)54-48(39)61/h5-7,10-15,27-30,39H,4,8-9,16-26,31-32H2,1-3H3,(H,52,59)(H,53,60)(H,54,58,61). The third-order valence-electron chi connectivity index (χ3n) is 11.8. The number of carbonyl (C=O) groups is 6. The highest BCUT2D eigenvalue weighted by Gasteiger charge is 2.46. The Labute approximate surface area is 420 Å². The largest absolute Gasteiger partial charge is 0.493 e. The van der Waals surface area contributed by atoms with Crippen LogP contribution >= 0.6 is 0 Å². The number of nitrogens with zero attached hydrogens (tertiary/aromatic N) is 3. The normalized spacial score (nSPS) is 14.6. The van der Waals surface area contributed by atoms with Gasteiger partial charge in [-0.1, -0.05) is 25.1 Å². The smallest absolute Gasteiger partial charge is 0.328 e. The van der Waals surface area contributed by atoms with Gasteiger partial charge in [0.2, 0.25) is 11.8 Å². The molecule has 2 aliphatic heterocycles. The van der Waals surface area contributed by atoms with Crippen molar-refractivity contribution < 1.29 is 65.6 Å². The van der Waals surface area contributed by atoms with E-state index < -0.39 is 63.7 Å². The Bertz CT molecular complexity index is 3040. The zero-order valence-corrected chi connectivity index (χ0v) is 41.6. The average Bonchev–Trinajstić information content (AvgIpc) is 3.75. The van der Waals surface area contributed by atoms with E-state index in [1.165, 1.54) is 51.6 Å². The van der Waals surface area contributed by atoms with Gasteiger partial charge in [0.25, 0.3) is 23.6 Å². The third-order valence-corrected chi connectivity index (χ3v) is 13.5. The first-order valence-electron chi connectivity index (χ1n) is 23.8. The number of nitrogens with one attached hydrogen (secondary N) is 3. The summed E-state index contributed by atoms with van der Waals surface area (Å²) < 4.78 is 65.1. The fourth-order valence-electron chi connectivity index (χ4n) is 8.09. The summed E-state index contributed by atoms with van der Waals surface area (Å²) in [5.74, 6) is -2.67. The molecule has 1 atom stereocenters. The lowest BCUT2D eigenvalue weighted by Gasteiger charge is -2.27. The molecule has 21 nitrogen and oxygen atoms in total. The van der Waals surface area contributed by atoms with Gasteiger partial charge in [0.05, 0.1) is 65.8 Å². The molecule has 1 aromatic heterocycles. The number of hydrogen-bond donors (Lipinski definition) is 3. The van der Waals surface area contributed by atoms with Crippen molar-refractivity contribution in [2.45, 2.75) is 55.7 Å². The van der Waals surface area contributed by atoms with Crippen LogP contribution in [0.25, 0.3) is 11.0 Å². The number of imidazole rings is 1. The second-order valence-electron chi connectivity index (χ2n) is 17.1. The molecular formula is C51H58N6O15S. The third kappa shape index (κ3) is 13.4. The molecule has 3 N–H and O–H groups in total. The van der Waals surface area contributed by atoms with Crippen molar-refractivity contribution >= 4 is 56.3 Å². The molecule has 388 valence electrons. The molecular weight excluding hydrogens is 969 g/mol. The van der Waals surface area contributed by atoms with E-state index in [1.807, 2.05) is 6.92 Å². The summed E-state index contributed by atoms with van der Waals surface area (Å²) in [5, 5.41) is 7.65. The summed E-state index contributed by atoms with van der Waals surface area (Å²) in [6, 6.07) is 19.4. The van der Waals surface area contributed by atoms with Crippen molar-refractivity contribution in [1.29, 1.82) is 0 Å². The number of aryl methyl sites for hydroxylation is 2. The number of rotatable bonds is 27. The van der Waals surface area contributed by atoms with Crippen LogP contribution in [0.3, 0.4) is 0 Å². The van der Waals surface area contributed by atoms with E-state index in [1.54, 1.807) is 50.5 Å². The maximum atomic E-state index is 13.9. The second-order valence-corrected chi connectivity index (χ2v) is 19.1. The first-order valence-corrected chi connectivity index (χ1v) is 25.5. The number of imide groups is 2. The number of piperidine rings is 1. The summed E-state index contributed by atoms with van der Waals surface area (Å²) in [6.45, 7) is 4.64. The fraction of sp³-hybridized carbons (Fsp3) is 0.392. The van der Waals surface area contributed by atoms with Crippen molar-refractivity contribution in [3.8, 4) is 23.0 Å². The first-order chi connectivity index (χ1) is 35.2. The highest BCUT2D eigenvalue weighted by atomic mass is 32.2. The SMILES string of the molecule is CCCOc1cccc(Oc2cc3c(cc2CS(=O)(=O)c2cccc(C(=O)NCCCOCCOCCOCCCNC(=O)COc4cccc5c4C(=O)N(C4CCC(=O)NC4=O)C5=O)c2)n(C)c(=O)n3C)c1. The minimum atomic E-state index is -4.02. The molecule has 5 aromatic rings. The van der Waals surface area contributed by atoms with Gasteiger partial charge in [-0.2, -0.15) is 0 Å². The quantitative estimate of drug-likeness (QED) is 0.0502. The number of ether oxygens (including phenoxy) is 6. The highest BCUT2D eigenvalue weighted by Crippen LogP contribution is 2.35. The fourth-order valence-corrected chi connectivity index (χ4v) is 9.49. The summed E-state index contributed by atoms with van der Waals surface area (Å²) in [5.41, 5.74) is 1.31. The molecule has 0 saturated carbocycles. The molecule has 4 aromatic carbocycles. The molecule has 0 aliphatic carbocycles. The van der Waals surface area contributed by atoms with Crippen molar-refractivity contribution in [2.75, 3.05) is 65.9 Å². The molecule has 0 radical (unpaired) electrons. The van der Waals surface area contributed by atoms with Crippen LogP contribution in [-0.2, 0) is 58.3 Å². The summed E-state index contributed by atoms with van der Waals surface area (Å²) >= 11 is 0. The van der Waals surface area contributed by atoms with E-state index in [0.29, 0.717) is 93.7 Å². The number of aromatic nitrogens is 2. The number of benzene rings is 4. The van der Waals surface area contributed by atoms with Gasteiger partial charge in [-0.3, -0.25) is 48.1 Å². The van der Waals surface area contributed by atoms with Crippen LogP contribution < -0.4 is 35.9 Å². The Balaban J connectivity index is 0.755. The summed E-state index contributed by atoms with van der Waals surface area (Å²) in [6.07, 6.45) is 1.83. The highest BCUT2D eigenvalue weighted by molar-refractivity contribution is 7.90. The van der Waals surface area contributed by atoms with Gasteiger partial charge in [-0.05, 0) is 74.2 Å². The Morgan fingerprint density at radius 2 is 1.37 bits per heavy atom. The lowest BCUT2D eigenvalue weighted by molar-refractivity contribution is -0.136. The van der Waals surface area contributed by atoms with Gasteiger partial charge in [0.1, 0.15) is 29.0 Å². The molecule has 22 heteroatoms. The maximum Gasteiger partial charge on any atom is 0.328 e. The number of hydrogen-bond acceptors (Lipinski definition) is 15. The topological polar surface area (TPSA) is 258 Å². The van der Waals surface area contributed by atoms with Crippen LogP contribution in [0, 0.1) is 0 Å². The monoisotopic (exact) mass is 1030 g/mol. The molecule has 7 rings (SSSR count). The summed E-state index contributed by atoms with van der Waals surface area (Å²) in [4.78, 5) is 89.3. The predicted molar refractivity (Wildman–Crippen MR) is 263 cm³/mol. The predicted octanol–water partition coefficient (Wildman–Crippen LogP) is 3.59. The lowest BCUT2D eigenvalue weighted by Crippen LogP contribution is -2.54. The van der Waals surface area contributed by atoms with Crippen LogP contribution in [0.4, 0.5) is 0 Å². The van der Waals surface area contributed by atoms with Gasteiger partial charge in [-0.25, -0.2) is 13.2 Å². The summed E-state index contributed by atoms with van der Waals surface area (Å²) in [7, 11) is -0.782. The molecule has 6 amide bonds. The molecule has 1 saturated heterocycles. The average molecular weight is 1030 g/mol. The van der Waals surface area contributed by atoms with Crippen molar-refractivity contribution in [2.24, 2.45) is 14.1 Å². The molecule has 1 unspecified atom stereocenters. The van der Waals surface area contributed by atoms with E-state index in [9.17, 15) is 42.0 Å². The lowest BCUT2D eigenvalue weighted by atomic mass is 10.0. The van der Waals surface area contributed by atoms with Gasteiger partial charge in [-0.15, -0.1) is 0 Å². The Kier molecular flexibility index (Phi) is 18.2. The van der Waals surface area contributed by atoms with Crippen molar-refractivity contribution in [1.82, 2.24) is 30.0 Å². The molecule has 3 heterocycles. The zero-order chi connectivity index (χ0) is 52.1. The minimum absolute atomic E-state index is 0.00602. The van der Waals surface area contributed by atoms with E-state index in [4.69, 9.17) is 28.4 Å². The van der Waals surface area contributed by atoms with Crippen LogP contribution in [0.2, 0.25) is 0 Å². The van der Waals surface area contributed by atoms with E-state index in [0.717, 1.165) is 11.3 Å². The van der Waals surface area contributed by atoms with Gasteiger partial charge in [0.15, 0.2) is 16.4 Å². The molecule has 0 bridgehead atoms. The van der Waals surface area contributed by atoms with E-state index >= 15 is 0 Å². The first kappa shape index (κ1) is 53.4. The minimum Gasteiger partial charge on any atom is -0.493 e. The van der Waals surface area contributed by atoms with Crippen molar-refractivity contribution in [3.63, 3.8) is 0 Å². The van der Waals surface area contributed by atoms with Crippen LogP contribution in [0.15, 0.2) is 88.6 Å².